The topological polar surface area (TPSA) is 133 Å². The second-order valence-corrected chi connectivity index (χ2v) is 10.0. The number of hydrogen-bond acceptors (Lipinski definition) is 7. The molecule has 1 aliphatic rings. The number of pyridine rings is 1. The summed E-state index contributed by atoms with van der Waals surface area (Å²) in [6, 6.07) is 12.1. The minimum Gasteiger partial charge on any atom is -0.426 e. The first-order valence-electron chi connectivity index (χ1n) is 12.5. The van der Waals surface area contributed by atoms with Crippen LogP contribution in [-0.4, -0.2) is 57.8 Å². The van der Waals surface area contributed by atoms with Crippen molar-refractivity contribution in [1.82, 2.24) is 15.6 Å². The van der Waals surface area contributed by atoms with Crippen LogP contribution in [0.25, 0.3) is 10.8 Å². The Kier molecular flexibility index (Phi) is 8.56. The van der Waals surface area contributed by atoms with Crippen LogP contribution in [0.3, 0.4) is 0 Å². The maximum absolute atomic E-state index is 14.6. The van der Waals surface area contributed by atoms with Gasteiger partial charge in [-0.15, -0.1) is 0 Å². The average Bonchev–Trinajstić information content (AvgIpc) is 3.32. The summed E-state index contributed by atoms with van der Waals surface area (Å²) in [7, 11) is -1.84. The lowest BCUT2D eigenvalue weighted by Crippen LogP contribution is -2.56. The van der Waals surface area contributed by atoms with Crippen LogP contribution in [0.1, 0.15) is 42.7 Å². The molecule has 2 unspecified atom stereocenters. The summed E-state index contributed by atoms with van der Waals surface area (Å²) in [5.41, 5.74) is -1.23. The van der Waals surface area contributed by atoms with Crippen molar-refractivity contribution < 1.29 is 33.3 Å². The number of nitrogens with one attached hydrogen (secondary N) is 2. The Balaban J connectivity index is 1.52. The lowest BCUT2D eigenvalue weighted by molar-refractivity contribution is -0.144. The monoisotopic (exact) mass is 538 g/mol. The highest BCUT2D eigenvalue weighted by Gasteiger charge is 2.48. The van der Waals surface area contributed by atoms with Gasteiger partial charge in [0.1, 0.15) is 17.3 Å². The number of amides is 2. The molecule has 1 aliphatic heterocycles. The Morgan fingerprint density at radius 1 is 1.15 bits per heavy atom. The minimum atomic E-state index is -1.84. The smallest absolute Gasteiger partial charge is 0.426 e. The Morgan fingerprint density at radius 3 is 2.64 bits per heavy atom. The molecule has 2 amide bonds. The second kappa shape index (κ2) is 11.9. The molecule has 0 radical (unpaired) electrons. The van der Waals surface area contributed by atoms with Crippen molar-refractivity contribution in [3.63, 3.8) is 0 Å². The maximum atomic E-state index is 14.6. The van der Waals surface area contributed by atoms with Crippen molar-refractivity contribution in [3.05, 3.63) is 77.6 Å². The molecule has 2 aromatic carbocycles. The van der Waals surface area contributed by atoms with E-state index in [9.17, 15) is 28.4 Å². The first kappa shape index (κ1) is 28.1. The Hall–Kier alpha value is -3.90. The highest BCUT2D eigenvalue weighted by molar-refractivity contribution is 6.43. The summed E-state index contributed by atoms with van der Waals surface area (Å²) >= 11 is 0. The molecule has 0 spiro atoms. The summed E-state index contributed by atoms with van der Waals surface area (Å²) in [6.45, 7) is 3.63. The molecule has 1 aromatic heterocycles. The molecular weight excluding hydrogens is 509 g/mol. The van der Waals surface area contributed by atoms with Crippen molar-refractivity contribution in [2.75, 3.05) is 6.54 Å². The number of fused-ring (bicyclic) bond motifs is 1. The molecule has 4 N–H and O–H groups in total. The van der Waals surface area contributed by atoms with E-state index in [2.05, 4.69) is 20.8 Å². The van der Waals surface area contributed by atoms with E-state index in [1.54, 1.807) is 18.2 Å². The molecule has 0 saturated heterocycles. The van der Waals surface area contributed by atoms with Gasteiger partial charge < -0.3 is 25.5 Å². The van der Waals surface area contributed by atoms with Crippen molar-refractivity contribution >= 4 is 35.4 Å². The van der Waals surface area contributed by atoms with Crippen LogP contribution in [0.4, 0.5) is 8.78 Å². The number of nitrogens with zero attached hydrogens (tertiary/aromatic N) is 2. The molecule has 0 fully saturated rings. The minimum absolute atomic E-state index is 0.0111. The fourth-order valence-corrected chi connectivity index (χ4v) is 4.54. The fourth-order valence-electron chi connectivity index (χ4n) is 4.54. The van der Waals surface area contributed by atoms with E-state index >= 15 is 0 Å². The third-order valence-corrected chi connectivity index (χ3v) is 6.49. The fraction of sp³-hybridized carbons (Fsp3) is 0.333. The first-order valence-corrected chi connectivity index (χ1v) is 12.5. The maximum Gasteiger partial charge on any atom is 0.475 e. The van der Waals surface area contributed by atoms with Gasteiger partial charge in [-0.05, 0) is 35.4 Å². The van der Waals surface area contributed by atoms with Crippen molar-refractivity contribution in [2.24, 2.45) is 11.1 Å². The van der Waals surface area contributed by atoms with E-state index in [4.69, 9.17) is 4.84 Å². The van der Waals surface area contributed by atoms with Crippen molar-refractivity contribution in [3.8, 4) is 0 Å². The number of benzene rings is 2. The largest absolute Gasteiger partial charge is 0.475 e. The van der Waals surface area contributed by atoms with Crippen LogP contribution in [0.2, 0.25) is 0 Å². The van der Waals surface area contributed by atoms with E-state index < -0.39 is 42.1 Å². The molecular formula is C27H29BF2N4O5. The van der Waals surface area contributed by atoms with E-state index in [0.29, 0.717) is 17.2 Å². The predicted octanol–water partition coefficient (Wildman–Crippen LogP) is 2.54. The van der Waals surface area contributed by atoms with Gasteiger partial charge in [-0.25, -0.2) is 8.78 Å². The van der Waals surface area contributed by atoms with Gasteiger partial charge >= 0.3 is 7.12 Å². The third-order valence-electron chi connectivity index (χ3n) is 6.49. The van der Waals surface area contributed by atoms with Crippen LogP contribution in [0.15, 0.2) is 59.9 Å². The van der Waals surface area contributed by atoms with Gasteiger partial charge in [0.15, 0.2) is 0 Å². The van der Waals surface area contributed by atoms with Crippen LogP contribution < -0.4 is 10.6 Å². The molecule has 0 saturated carbocycles. The molecule has 9 nitrogen and oxygen atoms in total. The van der Waals surface area contributed by atoms with Gasteiger partial charge in [0.2, 0.25) is 5.60 Å². The first-order chi connectivity index (χ1) is 18.6. The summed E-state index contributed by atoms with van der Waals surface area (Å²) in [5.74, 6) is -3.83. The van der Waals surface area contributed by atoms with E-state index in [0.717, 1.165) is 11.5 Å². The van der Waals surface area contributed by atoms with Crippen molar-refractivity contribution in [1.29, 1.82) is 0 Å². The Labute approximate surface area is 224 Å². The number of aromatic nitrogens is 1. The van der Waals surface area contributed by atoms with E-state index in [1.165, 1.54) is 12.3 Å². The van der Waals surface area contributed by atoms with E-state index in [-0.39, 0.29) is 43.0 Å². The van der Waals surface area contributed by atoms with Gasteiger partial charge in [-0.2, -0.15) is 0 Å². The molecule has 12 heteroatoms. The number of carbonyl (C=O) groups is 2. The summed E-state index contributed by atoms with van der Waals surface area (Å²) in [4.78, 5) is 36.2. The van der Waals surface area contributed by atoms with Gasteiger partial charge in [-0.1, -0.05) is 49.3 Å². The summed E-state index contributed by atoms with van der Waals surface area (Å²) in [6.07, 6.45) is 1.34. The van der Waals surface area contributed by atoms with Gasteiger partial charge in [0, 0.05) is 30.5 Å². The third kappa shape index (κ3) is 6.58. The molecule has 2 heterocycles. The molecule has 0 aliphatic carbocycles. The lowest BCUT2D eigenvalue weighted by atomic mass is 9.74. The van der Waals surface area contributed by atoms with Gasteiger partial charge in [0.05, 0.1) is 18.2 Å². The standard InChI is InChI=1S/C27H29BF2N4O5/c1-16(2)11-23(28(37)38)33-26(36)27(13-18-7-8-19(29)12-22(18)30)14-20(34-39-27)15-32-25(35)24-21-6-4-3-5-17(21)9-10-31-24/h3-10,12,16,23,37-38H,11,13-15H2,1-2H3,(H,32,35)(H,33,36). The highest BCUT2D eigenvalue weighted by Crippen LogP contribution is 2.30. The Morgan fingerprint density at radius 2 is 1.92 bits per heavy atom. The van der Waals surface area contributed by atoms with Crippen LogP contribution in [-0.2, 0) is 16.1 Å². The molecule has 39 heavy (non-hydrogen) atoms. The number of halogens is 2. The highest BCUT2D eigenvalue weighted by atomic mass is 19.1. The molecule has 2 atom stereocenters. The van der Waals surface area contributed by atoms with Crippen LogP contribution in [0, 0.1) is 17.6 Å². The Bertz CT molecular complexity index is 1400. The van der Waals surface area contributed by atoms with Crippen LogP contribution in [0.5, 0.6) is 0 Å². The predicted molar refractivity (Wildman–Crippen MR) is 142 cm³/mol. The molecule has 3 aromatic rings. The number of hydrogen-bond donors (Lipinski definition) is 4. The summed E-state index contributed by atoms with van der Waals surface area (Å²) < 4.78 is 28.1. The SMILES string of the molecule is CC(C)CC(NC(=O)C1(Cc2ccc(F)cc2F)CC(CNC(=O)c2nccc3ccccc23)=NO1)B(O)O. The van der Waals surface area contributed by atoms with Gasteiger partial charge in [-0.3, -0.25) is 14.6 Å². The van der Waals surface area contributed by atoms with Crippen LogP contribution >= 0.6 is 0 Å². The second-order valence-electron chi connectivity index (χ2n) is 10.0. The molecule has 0 bridgehead atoms. The zero-order chi connectivity index (χ0) is 28.2. The zero-order valence-corrected chi connectivity index (χ0v) is 21.5. The quantitative estimate of drug-likeness (QED) is 0.294. The normalized spacial score (nSPS) is 17.5. The van der Waals surface area contributed by atoms with E-state index in [1.807, 2.05) is 26.0 Å². The van der Waals surface area contributed by atoms with Gasteiger partial charge in [0.25, 0.3) is 11.8 Å². The molecule has 204 valence electrons. The average molecular weight is 538 g/mol. The zero-order valence-electron chi connectivity index (χ0n) is 21.5. The number of oxime groups is 1. The molecule has 4 rings (SSSR count). The van der Waals surface area contributed by atoms with Crippen molar-refractivity contribution in [2.45, 2.75) is 44.7 Å². The number of rotatable bonds is 10. The number of carbonyl (C=O) groups excluding carboxylic acids is 2. The summed E-state index contributed by atoms with van der Waals surface area (Å²) in [5, 5.41) is 30.4. The lowest BCUT2D eigenvalue weighted by Gasteiger charge is -2.29.